The molecule has 0 aromatic rings. The molecule has 0 saturated carbocycles. The van der Waals surface area contributed by atoms with Gasteiger partial charge in [-0.1, -0.05) is 22.5 Å². The number of hydrogen-bond acceptors (Lipinski definition) is 4. The van der Waals surface area contributed by atoms with Crippen LogP contribution in [0.2, 0.25) is 0 Å². The summed E-state index contributed by atoms with van der Waals surface area (Å²) in [5.74, 6) is -0.419. The Morgan fingerprint density at radius 3 is 1.53 bits per heavy atom. The first kappa shape index (κ1) is 17.9. The lowest BCUT2D eigenvalue weighted by Crippen LogP contribution is -2.10. The zero-order chi connectivity index (χ0) is 14.7. The Labute approximate surface area is 120 Å². The highest BCUT2D eigenvalue weighted by atomic mass is 28.2. The quantitative estimate of drug-likeness (QED) is 0.633. The van der Waals surface area contributed by atoms with Crippen LogP contribution in [0.5, 0.6) is 0 Å². The number of rotatable bonds is 8. The molecule has 0 heterocycles. The number of carbonyl (C=O) groups excluding carboxylic acids is 2. The Bertz CT molecular complexity index is 320. The molecule has 0 aromatic carbocycles. The van der Waals surface area contributed by atoms with Crippen molar-refractivity contribution in [3.63, 3.8) is 0 Å². The van der Waals surface area contributed by atoms with Crippen molar-refractivity contribution in [1.82, 2.24) is 0 Å². The molecule has 0 amide bonds. The second-order valence-corrected chi connectivity index (χ2v) is 6.84. The van der Waals surface area contributed by atoms with Gasteiger partial charge in [0.1, 0.15) is 0 Å². The maximum atomic E-state index is 11.3. The molecule has 0 aliphatic rings. The van der Waals surface area contributed by atoms with E-state index in [0.29, 0.717) is 19.3 Å². The SMILES string of the molecule is CC(C)=C[SiH2]OC(=O)CCCC(=O)O[SiH2]C=C(C)C. The van der Waals surface area contributed by atoms with E-state index in [1.54, 1.807) is 0 Å². The van der Waals surface area contributed by atoms with Gasteiger partial charge in [-0.25, -0.2) is 0 Å². The molecule has 0 atom stereocenters. The Morgan fingerprint density at radius 1 is 0.842 bits per heavy atom. The fourth-order valence-electron chi connectivity index (χ4n) is 1.12. The molecular formula is C13H24O4Si2. The summed E-state index contributed by atoms with van der Waals surface area (Å²) in [6.07, 6.45) is 1.09. The summed E-state index contributed by atoms with van der Waals surface area (Å²) in [5, 5.41) is 0. The summed E-state index contributed by atoms with van der Waals surface area (Å²) in [6.45, 7) is 7.92. The van der Waals surface area contributed by atoms with Gasteiger partial charge < -0.3 is 8.85 Å². The van der Waals surface area contributed by atoms with Crippen LogP contribution < -0.4 is 0 Å². The van der Waals surface area contributed by atoms with Gasteiger partial charge in [0.05, 0.1) is 0 Å². The van der Waals surface area contributed by atoms with Crippen LogP contribution in [0.1, 0.15) is 47.0 Å². The minimum absolute atomic E-state index is 0.210. The molecule has 0 radical (unpaired) electrons. The van der Waals surface area contributed by atoms with Crippen molar-refractivity contribution in [2.24, 2.45) is 0 Å². The Morgan fingerprint density at radius 2 is 1.21 bits per heavy atom. The van der Waals surface area contributed by atoms with Gasteiger partial charge in [0, 0.05) is 12.8 Å². The van der Waals surface area contributed by atoms with Gasteiger partial charge in [0.15, 0.2) is 0 Å². The second-order valence-electron chi connectivity index (χ2n) is 4.78. The van der Waals surface area contributed by atoms with Crippen LogP contribution in [0.3, 0.4) is 0 Å². The van der Waals surface area contributed by atoms with Crippen LogP contribution >= 0.6 is 0 Å². The van der Waals surface area contributed by atoms with E-state index < -0.39 is 19.5 Å². The maximum absolute atomic E-state index is 11.3. The van der Waals surface area contributed by atoms with Gasteiger partial charge >= 0.3 is 0 Å². The Balaban J connectivity index is 3.61. The standard InChI is InChI=1S/C13H24O4Si2/c1-10(2)8-18-16-12(14)6-5-7-13(15)17-19-9-11(3)4/h8-9H,5-7,18-19H2,1-4H3. The molecule has 6 heteroatoms. The third-order valence-electron chi connectivity index (χ3n) is 2.23. The lowest BCUT2D eigenvalue weighted by molar-refractivity contribution is -0.135. The molecule has 0 fully saturated rings. The highest BCUT2D eigenvalue weighted by Crippen LogP contribution is 2.00. The Hall–Kier alpha value is -1.15. The minimum atomic E-state index is -0.882. The van der Waals surface area contributed by atoms with E-state index in [1.807, 2.05) is 39.1 Å². The zero-order valence-corrected chi connectivity index (χ0v) is 15.2. The number of hydrogen-bond donors (Lipinski definition) is 0. The molecule has 0 spiro atoms. The van der Waals surface area contributed by atoms with Gasteiger partial charge in [-0.2, -0.15) is 0 Å². The van der Waals surface area contributed by atoms with Gasteiger partial charge in [-0.3, -0.25) is 9.59 Å². The molecule has 0 N–H and O–H groups in total. The summed E-state index contributed by atoms with van der Waals surface area (Å²) in [5.41, 5.74) is 6.31. The number of carbonyl (C=O) groups is 2. The summed E-state index contributed by atoms with van der Waals surface area (Å²) in [7, 11) is -1.76. The van der Waals surface area contributed by atoms with Gasteiger partial charge in [-0.05, 0) is 34.1 Å². The van der Waals surface area contributed by atoms with Crippen LogP contribution in [0.25, 0.3) is 0 Å². The third kappa shape index (κ3) is 13.1. The average molecular weight is 301 g/mol. The molecule has 0 rings (SSSR count). The van der Waals surface area contributed by atoms with Crippen molar-refractivity contribution in [3.05, 3.63) is 22.5 Å². The largest absolute Gasteiger partial charge is 0.521 e. The van der Waals surface area contributed by atoms with Crippen molar-refractivity contribution >= 4 is 31.5 Å². The topological polar surface area (TPSA) is 52.6 Å². The van der Waals surface area contributed by atoms with Crippen molar-refractivity contribution in [1.29, 1.82) is 0 Å². The average Bonchev–Trinajstić information content (AvgIpc) is 2.27. The van der Waals surface area contributed by atoms with E-state index in [9.17, 15) is 9.59 Å². The highest BCUT2D eigenvalue weighted by Gasteiger charge is 2.06. The maximum Gasteiger partial charge on any atom is 0.292 e. The van der Waals surface area contributed by atoms with E-state index >= 15 is 0 Å². The zero-order valence-electron chi connectivity index (χ0n) is 12.3. The molecule has 19 heavy (non-hydrogen) atoms. The molecule has 0 bridgehead atoms. The number of allylic oxidation sites excluding steroid dienone is 2. The van der Waals surface area contributed by atoms with Crippen LogP contribution in [0, 0.1) is 0 Å². The van der Waals surface area contributed by atoms with E-state index in [1.165, 1.54) is 11.1 Å². The van der Waals surface area contributed by atoms with Crippen molar-refractivity contribution in [2.45, 2.75) is 47.0 Å². The molecule has 0 saturated heterocycles. The lowest BCUT2D eigenvalue weighted by Gasteiger charge is -2.04. The highest BCUT2D eigenvalue weighted by molar-refractivity contribution is 6.37. The van der Waals surface area contributed by atoms with Crippen LogP contribution in [-0.4, -0.2) is 31.5 Å². The first-order valence-corrected chi connectivity index (χ1v) is 9.28. The molecule has 0 unspecified atom stereocenters. The predicted molar refractivity (Wildman–Crippen MR) is 82.0 cm³/mol. The Kier molecular flexibility index (Phi) is 10.1. The van der Waals surface area contributed by atoms with Crippen molar-refractivity contribution < 1.29 is 18.4 Å². The molecule has 0 aromatic heterocycles. The molecular weight excluding hydrogens is 276 g/mol. The first-order chi connectivity index (χ1) is 8.91. The second kappa shape index (κ2) is 10.7. The summed E-state index contributed by atoms with van der Waals surface area (Å²) in [4.78, 5) is 22.7. The van der Waals surface area contributed by atoms with Crippen LogP contribution in [0.4, 0.5) is 0 Å². The van der Waals surface area contributed by atoms with Crippen molar-refractivity contribution in [2.75, 3.05) is 0 Å². The van der Waals surface area contributed by atoms with Crippen molar-refractivity contribution in [3.8, 4) is 0 Å². The van der Waals surface area contributed by atoms with E-state index in [4.69, 9.17) is 8.85 Å². The smallest absolute Gasteiger partial charge is 0.292 e. The van der Waals surface area contributed by atoms with Gasteiger partial charge in [0.25, 0.3) is 11.9 Å². The molecule has 0 aliphatic heterocycles. The summed E-state index contributed by atoms with van der Waals surface area (Å²) >= 11 is 0. The fourth-order valence-corrected chi connectivity index (χ4v) is 2.62. The minimum Gasteiger partial charge on any atom is -0.521 e. The van der Waals surface area contributed by atoms with E-state index in [-0.39, 0.29) is 11.9 Å². The first-order valence-electron chi connectivity index (χ1n) is 6.49. The normalized spacial score (nSPS) is 10.7. The molecule has 4 nitrogen and oxygen atoms in total. The van der Waals surface area contributed by atoms with Crippen LogP contribution in [0.15, 0.2) is 22.5 Å². The third-order valence-corrected chi connectivity index (χ3v) is 5.18. The summed E-state index contributed by atoms with van der Waals surface area (Å²) in [6, 6.07) is 0. The summed E-state index contributed by atoms with van der Waals surface area (Å²) < 4.78 is 10.2. The monoisotopic (exact) mass is 300 g/mol. The molecule has 108 valence electrons. The van der Waals surface area contributed by atoms with Gasteiger partial charge in [0.2, 0.25) is 19.5 Å². The van der Waals surface area contributed by atoms with E-state index in [2.05, 4.69) is 0 Å². The predicted octanol–water partition coefficient (Wildman–Crippen LogP) is 1.26. The van der Waals surface area contributed by atoms with Gasteiger partial charge in [-0.15, -0.1) is 0 Å². The lowest BCUT2D eigenvalue weighted by atomic mass is 10.2. The van der Waals surface area contributed by atoms with Crippen LogP contribution in [-0.2, 0) is 18.4 Å². The van der Waals surface area contributed by atoms with E-state index in [0.717, 1.165) is 0 Å². The fraction of sp³-hybridized carbons (Fsp3) is 0.538. The molecule has 0 aliphatic carbocycles.